The average molecular weight is 436 g/mol. The highest BCUT2D eigenvalue weighted by atomic mass is 32.1. The standard InChI is InChI=1S/C21H21N7O2S/c1-12-8-17(30-28-12)15-10-26-21(27-19(15)18-5-4-14(3)31-18)23-7-6-22-20(29)16-11-24-13(2)9-25-16/h4-5,8-11H,6-7H2,1-3H3,(H,22,29)(H,23,26,27). The number of amides is 1. The van der Waals surface area contributed by atoms with Crippen LogP contribution in [0.5, 0.6) is 0 Å². The maximum Gasteiger partial charge on any atom is 0.271 e. The van der Waals surface area contributed by atoms with Gasteiger partial charge in [0.1, 0.15) is 5.69 Å². The fourth-order valence-corrected chi connectivity index (χ4v) is 3.71. The van der Waals surface area contributed by atoms with Crippen LogP contribution in [-0.2, 0) is 0 Å². The van der Waals surface area contributed by atoms with Crippen molar-refractivity contribution in [3.63, 3.8) is 0 Å². The number of carbonyl (C=O) groups is 1. The molecule has 0 atom stereocenters. The average Bonchev–Trinajstić information content (AvgIpc) is 3.39. The highest BCUT2D eigenvalue weighted by molar-refractivity contribution is 7.15. The van der Waals surface area contributed by atoms with E-state index in [1.54, 1.807) is 23.7 Å². The van der Waals surface area contributed by atoms with Crippen molar-refractivity contribution in [2.45, 2.75) is 20.8 Å². The summed E-state index contributed by atoms with van der Waals surface area (Å²) in [6.45, 7) is 6.57. The maximum absolute atomic E-state index is 12.1. The second-order valence-electron chi connectivity index (χ2n) is 6.92. The van der Waals surface area contributed by atoms with Gasteiger partial charge in [-0.25, -0.2) is 15.0 Å². The van der Waals surface area contributed by atoms with Crippen LogP contribution in [-0.4, -0.2) is 44.1 Å². The summed E-state index contributed by atoms with van der Waals surface area (Å²) in [5.74, 6) is 0.808. The molecule has 10 heteroatoms. The normalized spacial score (nSPS) is 10.8. The summed E-state index contributed by atoms with van der Waals surface area (Å²) in [5.41, 5.74) is 3.38. The number of nitrogens with one attached hydrogen (secondary N) is 2. The molecule has 0 spiro atoms. The molecule has 2 N–H and O–H groups in total. The van der Waals surface area contributed by atoms with E-state index in [1.165, 1.54) is 11.1 Å². The minimum atomic E-state index is -0.277. The number of aryl methyl sites for hydroxylation is 3. The van der Waals surface area contributed by atoms with Gasteiger partial charge in [-0.1, -0.05) is 5.16 Å². The van der Waals surface area contributed by atoms with Crippen molar-refractivity contribution in [1.29, 1.82) is 0 Å². The Morgan fingerprint density at radius 3 is 2.58 bits per heavy atom. The van der Waals surface area contributed by atoms with Crippen molar-refractivity contribution in [1.82, 2.24) is 30.4 Å². The van der Waals surface area contributed by atoms with E-state index in [9.17, 15) is 4.79 Å². The van der Waals surface area contributed by atoms with Crippen LogP contribution in [0, 0.1) is 20.8 Å². The quantitative estimate of drug-likeness (QED) is 0.424. The van der Waals surface area contributed by atoms with Crippen LogP contribution in [0.2, 0.25) is 0 Å². The van der Waals surface area contributed by atoms with E-state index in [1.807, 2.05) is 39.0 Å². The van der Waals surface area contributed by atoms with Crippen molar-refractivity contribution in [2.24, 2.45) is 0 Å². The maximum atomic E-state index is 12.1. The third-order valence-corrected chi connectivity index (χ3v) is 5.37. The first kappa shape index (κ1) is 20.6. The lowest BCUT2D eigenvalue weighted by Gasteiger charge is -2.09. The Morgan fingerprint density at radius 2 is 1.90 bits per heavy atom. The van der Waals surface area contributed by atoms with Crippen LogP contribution in [0.4, 0.5) is 5.95 Å². The molecule has 0 aliphatic heterocycles. The van der Waals surface area contributed by atoms with Gasteiger partial charge >= 0.3 is 0 Å². The van der Waals surface area contributed by atoms with Gasteiger partial charge in [0, 0.05) is 36.4 Å². The molecule has 31 heavy (non-hydrogen) atoms. The Hall–Kier alpha value is -3.66. The van der Waals surface area contributed by atoms with Gasteiger partial charge in [0.25, 0.3) is 5.91 Å². The molecule has 4 aromatic rings. The van der Waals surface area contributed by atoms with E-state index >= 15 is 0 Å². The van der Waals surface area contributed by atoms with Crippen LogP contribution in [0.15, 0.2) is 41.3 Å². The number of anilines is 1. The molecular weight excluding hydrogens is 414 g/mol. The Kier molecular flexibility index (Phi) is 5.99. The predicted molar refractivity (Wildman–Crippen MR) is 118 cm³/mol. The van der Waals surface area contributed by atoms with Crippen molar-refractivity contribution < 1.29 is 9.32 Å². The zero-order chi connectivity index (χ0) is 21.8. The molecule has 0 aromatic carbocycles. The molecular formula is C21H21N7O2S. The first-order valence-corrected chi connectivity index (χ1v) is 10.5. The monoisotopic (exact) mass is 435 g/mol. The molecule has 0 saturated carbocycles. The minimum Gasteiger partial charge on any atom is -0.356 e. The fourth-order valence-electron chi connectivity index (χ4n) is 2.84. The number of carbonyl (C=O) groups excluding carboxylic acids is 1. The van der Waals surface area contributed by atoms with Crippen molar-refractivity contribution in [2.75, 3.05) is 18.4 Å². The summed E-state index contributed by atoms with van der Waals surface area (Å²) in [4.78, 5) is 31.6. The Morgan fingerprint density at radius 1 is 1.03 bits per heavy atom. The van der Waals surface area contributed by atoms with Crippen molar-refractivity contribution in [3.8, 4) is 21.9 Å². The summed E-state index contributed by atoms with van der Waals surface area (Å²) in [7, 11) is 0. The van der Waals surface area contributed by atoms with E-state index < -0.39 is 0 Å². The topological polar surface area (TPSA) is 119 Å². The highest BCUT2D eigenvalue weighted by Gasteiger charge is 2.16. The molecule has 158 valence electrons. The molecule has 0 aliphatic carbocycles. The van der Waals surface area contributed by atoms with Crippen molar-refractivity contribution in [3.05, 3.63) is 58.7 Å². The summed E-state index contributed by atoms with van der Waals surface area (Å²) in [5, 5.41) is 9.91. The van der Waals surface area contributed by atoms with Crippen LogP contribution in [0.25, 0.3) is 21.9 Å². The summed E-state index contributed by atoms with van der Waals surface area (Å²) in [6.07, 6.45) is 4.74. The predicted octanol–water partition coefficient (Wildman–Crippen LogP) is 3.42. The molecule has 4 rings (SSSR count). The van der Waals surface area contributed by atoms with Gasteiger partial charge < -0.3 is 15.2 Å². The van der Waals surface area contributed by atoms with Gasteiger partial charge in [0.05, 0.1) is 33.7 Å². The van der Waals surface area contributed by atoms with E-state index in [0.717, 1.165) is 27.5 Å². The Labute approximate surface area is 183 Å². The molecule has 0 saturated heterocycles. The van der Waals surface area contributed by atoms with Gasteiger partial charge in [-0.15, -0.1) is 11.3 Å². The first-order valence-electron chi connectivity index (χ1n) is 9.68. The molecule has 0 aliphatic rings. The number of hydrogen-bond acceptors (Lipinski definition) is 9. The van der Waals surface area contributed by atoms with E-state index in [-0.39, 0.29) is 11.6 Å². The zero-order valence-corrected chi connectivity index (χ0v) is 18.2. The summed E-state index contributed by atoms with van der Waals surface area (Å²) >= 11 is 1.65. The van der Waals surface area contributed by atoms with Gasteiger partial charge in [-0.2, -0.15) is 0 Å². The second-order valence-corrected chi connectivity index (χ2v) is 8.21. The van der Waals surface area contributed by atoms with Crippen LogP contribution >= 0.6 is 11.3 Å². The molecule has 0 unspecified atom stereocenters. The Bertz CT molecular complexity index is 1200. The lowest BCUT2D eigenvalue weighted by molar-refractivity contribution is 0.0949. The molecule has 4 aromatic heterocycles. The fraction of sp³-hybridized carbons (Fsp3) is 0.238. The van der Waals surface area contributed by atoms with Crippen molar-refractivity contribution >= 4 is 23.2 Å². The first-order chi connectivity index (χ1) is 15.0. The molecule has 1 amide bonds. The van der Waals surface area contributed by atoms with Crippen LogP contribution in [0.1, 0.15) is 26.8 Å². The third kappa shape index (κ3) is 4.92. The van der Waals surface area contributed by atoms with Gasteiger partial charge in [0.2, 0.25) is 5.95 Å². The third-order valence-electron chi connectivity index (χ3n) is 4.36. The lowest BCUT2D eigenvalue weighted by atomic mass is 10.1. The molecule has 9 nitrogen and oxygen atoms in total. The molecule has 0 fully saturated rings. The minimum absolute atomic E-state index is 0.277. The number of aromatic nitrogens is 5. The SMILES string of the molecule is Cc1cnc(C(=O)NCCNc2ncc(-c3cc(C)no3)c(-c3ccc(C)s3)n2)cn1. The molecule has 0 bridgehead atoms. The smallest absolute Gasteiger partial charge is 0.271 e. The number of nitrogens with zero attached hydrogens (tertiary/aromatic N) is 5. The van der Waals surface area contributed by atoms with Gasteiger partial charge in [-0.05, 0) is 32.9 Å². The van der Waals surface area contributed by atoms with Crippen LogP contribution in [0.3, 0.4) is 0 Å². The van der Waals surface area contributed by atoms with Crippen LogP contribution < -0.4 is 10.6 Å². The lowest BCUT2D eigenvalue weighted by Crippen LogP contribution is -2.29. The zero-order valence-electron chi connectivity index (χ0n) is 17.3. The van der Waals surface area contributed by atoms with E-state index in [4.69, 9.17) is 9.51 Å². The largest absolute Gasteiger partial charge is 0.356 e. The number of thiophene rings is 1. The summed E-state index contributed by atoms with van der Waals surface area (Å²) < 4.78 is 5.43. The molecule has 0 radical (unpaired) electrons. The van der Waals surface area contributed by atoms with Gasteiger partial charge in [-0.3, -0.25) is 9.78 Å². The number of rotatable bonds is 7. The highest BCUT2D eigenvalue weighted by Crippen LogP contribution is 2.35. The van der Waals surface area contributed by atoms with E-state index in [0.29, 0.717) is 24.8 Å². The van der Waals surface area contributed by atoms with Gasteiger partial charge in [0.15, 0.2) is 5.76 Å². The molecule has 4 heterocycles. The summed E-state index contributed by atoms with van der Waals surface area (Å²) in [6, 6.07) is 5.94. The second kappa shape index (κ2) is 9.00. The number of hydrogen-bond donors (Lipinski definition) is 2. The van der Waals surface area contributed by atoms with E-state index in [2.05, 4.69) is 30.7 Å². The Balaban J connectivity index is 1.45.